The molecule has 2 aromatic heterocycles. The minimum Gasteiger partial charge on any atom is -0.366 e. The minimum atomic E-state index is 0.250. The van der Waals surface area contributed by atoms with Crippen LogP contribution in [0.15, 0.2) is 22.8 Å². The van der Waals surface area contributed by atoms with Gasteiger partial charge in [-0.1, -0.05) is 0 Å². The van der Waals surface area contributed by atoms with Crippen LogP contribution in [0, 0.1) is 6.92 Å². The molecule has 0 spiro atoms. The Morgan fingerprint density at radius 2 is 2.28 bits per heavy atom. The third-order valence-electron chi connectivity index (χ3n) is 2.40. The van der Waals surface area contributed by atoms with Crippen molar-refractivity contribution in [3.63, 3.8) is 0 Å². The van der Waals surface area contributed by atoms with E-state index in [-0.39, 0.29) is 11.3 Å². The predicted molar refractivity (Wildman–Crippen MR) is 80.6 cm³/mol. The van der Waals surface area contributed by atoms with Gasteiger partial charge in [0.2, 0.25) is 5.28 Å². The summed E-state index contributed by atoms with van der Waals surface area (Å²) in [6, 6.07) is 4.59. The van der Waals surface area contributed by atoms with E-state index in [1.165, 1.54) is 9.75 Å². The summed E-state index contributed by atoms with van der Waals surface area (Å²) in [6.07, 6.45) is 2.62. The Morgan fingerprint density at radius 1 is 1.50 bits per heavy atom. The van der Waals surface area contributed by atoms with E-state index in [0.717, 1.165) is 16.7 Å². The monoisotopic (exact) mass is 345 g/mol. The van der Waals surface area contributed by atoms with Crippen LogP contribution >= 0.6 is 38.9 Å². The smallest absolute Gasteiger partial charge is 0.224 e. The molecule has 0 aliphatic heterocycles. The fourth-order valence-corrected chi connectivity index (χ4v) is 3.09. The minimum absolute atomic E-state index is 0.250. The van der Waals surface area contributed by atoms with Crippen LogP contribution in [0.1, 0.15) is 16.7 Å². The second kappa shape index (κ2) is 5.99. The summed E-state index contributed by atoms with van der Waals surface area (Å²) < 4.78 is 0.820. The lowest BCUT2D eigenvalue weighted by Gasteiger charge is -2.14. The molecule has 2 heterocycles. The Kier molecular flexibility index (Phi) is 4.59. The molecule has 18 heavy (non-hydrogen) atoms. The van der Waals surface area contributed by atoms with E-state index >= 15 is 0 Å². The van der Waals surface area contributed by atoms with Crippen molar-refractivity contribution in [2.75, 3.05) is 5.32 Å². The molecule has 0 saturated heterocycles. The summed E-state index contributed by atoms with van der Waals surface area (Å²) in [6.45, 7) is 4.24. The molecule has 0 amide bonds. The van der Waals surface area contributed by atoms with Gasteiger partial charge >= 0.3 is 0 Å². The van der Waals surface area contributed by atoms with Crippen LogP contribution in [0.4, 0.5) is 5.82 Å². The lowest BCUT2D eigenvalue weighted by Crippen LogP contribution is -2.18. The number of nitrogens with zero attached hydrogens (tertiary/aromatic N) is 2. The maximum Gasteiger partial charge on any atom is 0.224 e. The van der Waals surface area contributed by atoms with E-state index in [1.807, 2.05) is 11.3 Å². The maximum absolute atomic E-state index is 5.78. The SMILES string of the molecule is Cc1ccc(CC(C)Nc2nc(Cl)ncc2Br)s1. The molecule has 0 aliphatic carbocycles. The van der Waals surface area contributed by atoms with Crippen molar-refractivity contribution in [1.29, 1.82) is 0 Å². The van der Waals surface area contributed by atoms with Crippen molar-refractivity contribution in [1.82, 2.24) is 9.97 Å². The van der Waals surface area contributed by atoms with Crippen molar-refractivity contribution in [2.24, 2.45) is 0 Å². The molecular weight excluding hydrogens is 334 g/mol. The number of anilines is 1. The molecule has 0 saturated carbocycles. The molecule has 1 unspecified atom stereocenters. The van der Waals surface area contributed by atoms with Gasteiger partial charge in [-0.3, -0.25) is 0 Å². The van der Waals surface area contributed by atoms with Gasteiger partial charge < -0.3 is 5.32 Å². The predicted octanol–water partition coefficient (Wildman–Crippen LogP) is 4.31. The van der Waals surface area contributed by atoms with Gasteiger partial charge in [0.1, 0.15) is 5.82 Å². The summed E-state index contributed by atoms with van der Waals surface area (Å²) in [4.78, 5) is 10.8. The lowest BCUT2D eigenvalue weighted by atomic mass is 10.2. The molecule has 0 radical (unpaired) electrons. The number of aryl methyl sites for hydroxylation is 1. The first-order chi connectivity index (χ1) is 8.54. The lowest BCUT2D eigenvalue weighted by molar-refractivity contribution is 0.792. The van der Waals surface area contributed by atoms with Gasteiger partial charge in [0.15, 0.2) is 0 Å². The highest BCUT2D eigenvalue weighted by molar-refractivity contribution is 9.10. The first kappa shape index (κ1) is 13.8. The van der Waals surface area contributed by atoms with Crippen molar-refractivity contribution < 1.29 is 0 Å². The van der Waals surface area contributed by atoms with Crippen LogP contribution in [0.2, 0.25) is 5.28 Å². The number of nitrogens with one attached hydrogen (secondary N) is 1. The van der Waals surface area contributed by atoms with E-state index in [1.54, 1.807) is 6.20 Å². The second-order valence-corrected chi connectivity index (χ2v) is 6.66. The number of halogens is 2. The molecule has 2 aromatic rings. The summed E-state index contributed by atoms with van der Waals surface area (Å²) in [5, 5.41) is 3.58. The zero-order chi connectivity index (χ0) is 13.1. The molecule has 96 valence electrons. The maximum atomic E-state index is 5.78. The van der Waals surface area contributed by atoms with Gasteiger partial charge in [-0.2, -0.15) is 4.98 Å². The number of thiophene rings is 1. The third-order valence-corrected chi connectivity index (χ3v) is 4.19. The molecule has 0 fully saturated rings. The molecule has 0 bridgehead atoms. The Labute approximate surface area is 124 Å². The summed E-state index contributed by atoms with van der Waals surface area (Å²) in [7, 11) is 0. The van der Waals surface area contributed by atoms with Gasteiger partial charge in [0.25, 0.3) is 0 Å². The second-order valence-electron chi connectivity index (χ2n) is 4.10. The van der Waals surface area contributed by atoms with Gasteiger partial charge in [-0.15, -0.1) is 11.3 Å². The van der Waals surface area contributed by atoms with Crippen LogP contribution in [0.25, 0.3) is 0 Å². The van der Waals surface area contributed by atoms with E-state index in [0.29, 0.717) is 0 Å². The topological polar surface area (TPSA) is 37.8 Å². The average Bonchev–Trinajstić information content (AvgIpc) is 2.69. The standard InChI is InChI=1S/C12H13BrClN3S/c1-7(5-9-4-3-8(2)18-9)16-11-10(13)6-15-12(14)17-11/h3-4,6-7H,5H2,1-2H3,(H,15,16,17). The highest BCUT2D eigenvalue weighted by Crippen LogP contribution is 2.22. The normalized spacial score (nSPS) is 12.4. The van der Waals surface area contributed by atoms with E-state index in [2.05, 4.69) is 57.2 Å². The van der Waals surface area contributed by atoms with Crippen molar-refractivity contribution >= 4 is 44.7 Å². The third kappa shape index (κ3) is 3.67. The van der Waals surface area contributed by atoms with Gasteiger partial charge in [-0.05, 0) is 53.5 Å². The van der Waals surface area contributed by atoms with Crippen LogP contribution < -0.4 is 5.32 Å². The van der Waals surface area contributed by atoms with Crippen LogP contribution in [-0.2, 0) is 6.42 Å². The van der Waals surface area contributed by atoms with Gasteiger partial charge in [-0.25, -0.2) is 4.98 Å². The number of aromatic nitrogens is 2. The van der Waals surface area contributed by atoms with Crippen LogP contribution in [-0.4, -0.2) is 16.0 Å². The van der Waals surface area contributed by atoms with E-state index in [9.17, 15) is 0 Å². The number of hydrogen-bond donors (Lipinski definition) is 1. The number of hydrogen-bond acceptors (Lipinski definition) is 4. The van der Waals surface area contributed by atoms with Crippen molar-refractivity contribution in [3.05, 3.63) is 37.8 Å². The molecule has 6 heteroatoms. The average molecular weight is 347 g/mol. The Balaban J connectivity index is 2.02. The van der Waals surface area contributed by atoms with Crippen molar-refractivity contribution in [2.45, 2.75) is 26.3 Å². The highest BCUT2D eigenvalue weighted by atomic mass is 79.9. The first-order valence-corrected chi connectivity index (χ1v) is 7.53. The molecule has 3 nitrogen and oxygen atoms in total. The number of rotatable bonds is 4. The zero-order valence-electron chi connectivity index (χ0n) is 10.1. The molecule has 0 aromatic carbocycles. The molecular formula is C12H13BrClN3S. The molecule has 0 aliphatic rings. The fourth-order valence-electron chi connectivity index (χ4n) is 1.63. The molecule has 2 rings (SSSR count). The Hall–Kier alpha value is -0.650. The quantitative estimate of drug-likeness (QED) is 0.838. The van der Waals surface area contributed by atoms with E-state index < -0.39 is 0 Å². The van der Waals surface area contributed by atoms with Crippen molar-refractivity contribution in [3.8, 4) is 0 Å². The molecule has 1 N–H and O–H groups in total. The fraction of sp³-hybridized carbons (Fsp3) is 0.333. The summed E-state index contributed by atoms with van der Waals surface area (Å²) in [5.41, 5.74) is 0. The summed E-state index contributed by atoms with van der Waals surface area (Å²) in [5.74, 6) is 0.732. The Bertz CT molecular complexity index is 544. The Morgan fingerprint density at radius 3 is 2.94 bits per heavy atom. The van der Waals surface area contributed by atoms with E-state index in [4.69, 9.17) is 11.6 Å². The van der Waals surface area contributed by atoms with Gasteiger partial charge in [0, 0.05) is 28.4 Å². The van der Waals surface area contributed by atoms with Crippen LogP contribution in [0.5, 0.6) is 0 Å². The largest absolute Gasteiger partial charge is 0.366 e. The zero-order valence-corrected chi connectivity index (χ0v) is 13.2. The van der Waals surface area contributed by atoms with Gasteiger partial charge in [0.05, 0.1) is 4.47 Å². The summed E-state index contributed by atoms with van der Waals surface area (Å²) >= 11 is 11.0. The first-order valence-electron chi connectivity index (χ1n) is 5.54. The highest BCUT2D eigenvalue weighted by Gasteiger charge is 2.09. The van der Waals surface area contributed by atoms with Crippen LogP contribution in [0.3, 0.4) is 0 Å². The molecule has 1 atom stereocenters.